The number of ether oxygens (including phenoxy) is 1. The zero-order valence-electron chi connectivity index (χ0n) is 16.6. The number of carbonyl (C=O) groups excluding carboxylic acids is 1. The Balaban J connectivity index is 1.97. The van der Waals surface area contributed by atoms with Crippen molar-refractivity contribution in [3.63, 3.8) is 0 Å². The molecule has 0 atom stereocenters. The van der Waals surface area contributed by atoms with Gasteiger partial charge in [-0.3, -0.25) is 9.10 Å². The molecule has 0 fully saturated rings. The van der Waals surface area contributed by atoms with Gasteiger partial charge in [-0.05, 0) is 49.4 Å². The fraction of sp³-hybridized carbons (Fsp3) is 0.136. The van der Waals surface area contributed by atoms with Gasteiger partial charge >= 0.3 is 0 Å². The first-order valence-corrected chi connectivity index (χ1v) is 11.6. The van der Waals surface area contributed by atoms with Crippen LogP contribution in [0.4, 0.5) is 11.4 Å². The highest BCUT2D eigenvalue weighted by molar-refractivity contribution is 7.92. The van der Waals surface area contributed by atoms with Gasteiger partial charge in [-0.1, -0.05) is 53.5 Å². The van der Waals surface area contributed by atoms with E-state index in [0.29, 0.717) is 18.0 Å². The molecule has 0 aromatic heterocycles. The SMILES string of the molecule is CCOc1ccccc1NC(=O)CN(c1cc(Cl)cc(Cl)c1)S(=O)(=O)c1ccccc1. The van der Waals surface area contributed by atoms with Gasteiger partial charge in [-0.25, -0.2) is 8.42 Å². The lowest BCUT2D eigenvalue weighted by molar-refractivity contribution is -0.114. The monoisotopic (exact) mass is 478 g/mol. The maximum absolute atomic E-state index is 13.3. The number of anilines is 2. The Morgan fingerprint density at radius 3 is 2.23 bits per heavy atom. The zero-order valence-corrected chi connectivity index (χ0v) is 18.9. The van der Waals surface area contributed by atoms with Crippen LogP contribution in [0.5, 0.6) is 5.75 Å². The quantitative estimate of drug-likeness (QED) is 0.480. The summed E-state index contributed by atoms with van der Waals surface area (Å²) in [5.74, 6) is -0.0654. The van der Waals surface area contributed by atoms with E-state index in [1.54, 1.807) is 42.5 Å². The van der Waals surface area contributed by atoms with Crippen molar-refractivity contribution in [3.05, 3.63) is 82.8 Å². The van der Waals surface area contributed by atoms with Crippen LogP contribution in [-0.2, 0) is 14.8 Å². The molecule has 3 aromatic carbocycles. The van der Waals surface area contributed by atoms with Gasteiger partial charge in [0.1, 0.15) is 12.3 Å². The van der Waals surface area contributed by atoms with Crippen LogP contribution in [0.2, 0.25) is 10.0 Å². The Hall–Kier alpha value is -2.74. The molecule has 9 heteroatoms. The lowest BCUT2D eigenvalue weighted by Crippen LogP contribution is -2.38. The predicted molar refractivity (Wildman–Crippen MR) is 124 cm³/mol. The summed E-state index contributed by atoms with van der Waals surface area (Å²) in [4.78, 5) is 12.9. The summed E-state index contributed by atoms with van der Waals surface area (Å²) in [5.41, 5.74) is 0.616. The van der Waals surface area contributed by atoms with E-state index in [1.807, 2.05) is 6.92 Å². The predicted octanol–water partition coefficient (Wildman–Crippen LogP) is 5.23. The van der Waals surface area contributed by atoms with Crippen molar-refractivity contribution in [3.8, 4) is 5.75 Å². The molecule has 162 valence electrons. The maximum Gasteiger partial charge on any atom is 0.264 e. The average molecular weight is 479 g/mol. The molecule has 0 spiro atoms. The van der Waals surface area contributed by atoms with Gasteiger partial charge in [-0.2, -0.15) is 0 Å². The third-order valence-electron chi connectivity index (χ3n) is 4.21. The minimum atomic E-state index is -4.07. The van der Waals surface area contributed by atoms with E-state index < -0.39 is 22.5 Å². The number of nitrogens with one attached hydrogen (secondary N) is 1. The summed E-state index contributed by atoms with van der Waals surface area (Å²) in [6.45, 7) is 1.76. The smallest absolute Gasteiger partial charge is 0.264 e. The zero-order chi connectivity index (χ0) is 22.4. The van der Waals surface area contributed by atoms with Crippen LogP contribution in [0, 0.1) is 0 Å². The third-order valence-corrected chi connectivity index (χ3v) is 6.44. The molecule has 0 unspecified atom stereocenters. The highest BCUT2D eigenvalue weighted by Gasteiger charge is 2.28. The summed E-state index contributed by atoms with van der Waals surface area (Å²) in [5, 5.41) is 3.21. The van der Waals surface area contributed by atoms with Crippen LogP contribution in [0.15, 0.2) is 77.7 Å². The van der Waals surface area contributed by atoms with E-state index in [2.05, 4.69) is 5.32 Å². The van der Waals surface area contributed by atoms with Crippen LogP contribution in [-0.4, -0.2) is 27.5 Å². The molecule has 3 rings (SSSR count). The molecule has 0 aliphatic carbocycles. The van der Waals surface area contributed by atoms with E-state index in [9.17, 15) is 13.2 Å². The number of halogens is 2. The molecule has 0 saturated carbocycles. The maximum atomic E-state index is 13.3. The fourth-order valence-corrected chi connectivity index (χ4v) is 4.83. The first-order chi connectivity index (χ1) is 14.8. The van der Waals surface area contributed by atoms with E-state index in [1.165, 1.54) is 30.3 Å². The molecule has 1 N–H and O–H groups in total. The van der Waals surface area contributed by atoms with E-state index >= 15 is 0 Å². The van der Waals surface area contributed by atoms with Crippen LogP contribution >= 0.6 is 23.2 Å². The van der Waals surface area contributed by atoms with Crippen LogP contribution in [0.1, 0.15) is 6.92 Å². The Labute approximate surface area is 191 Å². The second kappa shape index (κ2) is 10.0. The van der Waals surface area contributed by atoms with Crippen LogP contribution < -0.4 is 14.4 Å². The number of benzene rings is 3. The number of hydrogen-bond donors (Lipinski definition) is 1. The van der Waals surface area contributed by atoms with Crippen molar-refractivity contribution >= 4 is 50.5 Å². The van der Waals surface area contributed by atoms with E-state index in [-0.39, 0.29) is 20.6 Å². The first kappa shape index (κ1) is 22.9. The standard InChI is InChI=1S/C22H20Cl2N2O4S/c1-2-30-21-11-7-6-10-20(21)25-22(27)15-26(18-13-16(23)12-17(24)14-18)31(28,29)19-8-4-3-5-9-19/h3-14H,2,15H2,1H3,(H,25,27). The normalized spacial score (nSPS) is 11.1. The van der Waals surface area contributed by atoms with Crippen molar-refractivity contribution in [2.24, 2.45) is 0 Å². The Bertz CT molecular complexity index is 1150. The van der Waals surface area contributed by atoms with Gasteiger partial charge in [0, 0.05) is 10.0 Å². The number of sulfonamides is 1. The third kappa shape index (κ3) is 5.70. The minimum Gasteiger partial charge on any atom is -0.492 e. The number of rotatable bonds is 8. The van der Waals surface area contributed by atoms with E-state index in [0.717, 1.165) is 4.31 Å². The number of carbonyl (C=O) groups is 1. The number of para-hydroxylation sites is 2. The molecule has 0 saturated heterocycles. The lowest BCUT2D eigenvalue weighted by Gasteiger charge is -2.24. The largest absolute Gasteiger partial charge is 0.492 e. The molecule has 0 radical (unpaired) electrons. The summed E-state index contributed by atoms with van der Waals surface area (Å²) >= 11 is 12.2. The highest BCUT2D eigenvalue weighted by atomic mass is 35.5. The van der Waals surface area contributed by atoms with Gasteiger partial charge in [0.2, 0.25) is 5.91 Å². The summed E-state index contributed by atoms with van der Waals surface area (Å²) < 4.78 is 33.2. The van der Waals surface area contributed by atoms with Crippen LogP contribution in [0.3, 0.4) is 0 Å². The van der Waals surface area contributed by atoms with Gasteiger partial charge in [-0.15, -0.1) is 0 Å². The van der Waals surface area contributed by atoms with E-state index in [4.69, 9.17) is 27.9 Å². The molecule has 31 heavy (non-hydrogen) atoms. The Morgan fingerprint density at radius 1 is 0.968 bits per heavy atom. The molecule has 6 nitrogen and oxygen atoms in total. The average Bonchev–Trinajstić information content (AvgIpc) is 2.73. The lowest BCUT2D eigenvalue weighted by atomic mass is 10.3. The summed E-state index contributed by atoms with van der Waals surface area (Å²) in [6, 6.07) is 19.1. The van der Waals surface area contributed by atoms with Gasteiger partial charge in [0.05, 0.1) is 22.9 Å². The van der Waals surface area contributed by atoms with Gasteiger partial charge in [0.15, 0.2) is 0 Å². The molecule has 1 amide bonds. The molecule has 0 heterocycles. The number of nitrogens with zero attached hydrogens (tertiary/aromatic N) is 1. The van der Waals surface area contributed by atoms with Crippen molar-refractivity contribution < 1.29 is 17.9 Å². The Kier molecular flexibility index (Phi) is 7.43. The highest BCUT2D eigenvalue weighted by Crippen LogP contribution is 2.30. The second-order valence-electron chi connectivity index (χ2n) is 6.43. The Morgan fingerprint density at radius 2 is 1.58 bits per heavy atom. The molecule has 0 bridgehead atoms. The van der Waals surface area contributed by atoms with Crippen molar-refractivity contribution in [2.45, 2.75) is 11.8 Å². The molecule has 0 aliphatic heterocycles. The summed E-state index contributed by atoms with van der Waals surface area (Å²) in [6.07, 6.45) is 0. The first-order valence-electron chi connectivity index (χ1n) is 9.37. The van der Waals surface area contributed by atoms with Crippen molar-refractivity contribution in [1.82, 2.24) is 0 Å². The summed E-state index contributed by atoms with van der Waals surface area (Å²) in [7, 11) is -4.07. The molecular formula is C22H20Cl2N2O4S. The van der Waals surface area contributed by atoms with Crippen molar-refractivity contribution in [2.75, 3.05) is 22.8 Å². The van der Waals surface area contributed by atoms with Gasteiger partial charge < -0.3 is 10.1 Å². The molecule has 3 aromatic rings. The fourth-order valence-electron chi connectivity index (χ4n) is 2.89. The number of hydrogen-bond acceptors (Lipinski definition) is 4. The second-order valence-corrected chi connectivity index (χ2v) is 9.16. The minimum absolute atomic E-state index is 0.0358. The van der Waals surface area contributed by atoms with Crippen molar-refractivity contribution in [1.29, 1.82) is 0 Å². The molecular weight excluding hydrogens is 459 g/mol. The topological polar surface area (TPSA) is 75.7 Å². The van der Waals surface area contributed by atoms with Crippen LogP contribution in [0.25, 0.3) is 0 Å². The van der Waals surface area contributed by atoms with Gasteiger partial charge in [0.25, 0.3) is 10.0 Å². The number of amides is 1. The molecule has 0 aliphatic rings.